The van der Waals surface area contributed by atoms with Crippen molar-refractivity contribution in [1.82, 2.24) is 0 Å². The third-order valence-corrected chi connectivity index (χ3v) is 1.67. The maximum absolute atomic E-state index is 4.90. The minimum absolute atomic E-state index is 0.397. The van der Waals surface area contributed by atoms with Crippen molar-refractivity contribution in [3.8, 4) is 0 Å². The van der Waals surface area contributed by atoms with E-state index in [2.05, 4.69) is 32.3 Å². The Morgan fingerprint density at radius 3 is 2.27 bits per heavy atom. The van der Waals surface area contributed by atoms with E-state index in [9.17, 15) is 0 Å². The largest absolute Gasteiger partial charge is 0.298 e. The number of hydrogen-bond acceptors (Lipinski definition) is 2. The van der Waals surface area contributed by atoms with Crippen LogP contribution in [0.4, 0.5) is 0 Å². The van der Waals surface area contributed by atoms with Crippen LogP contribution in [0.2, 0.25) is 0 Å². The van der Waals surface area contributed by atoms with Gasteiger partial charge in [-0.2, -0.15) is 0 Å². The smallest absolute Gasteiger partial charge is 0.193 e. The third-order valence-electron chi connectivity index (χ3n) is 1.43. The molecule has 0 saturated carbocycles. The molecule has 0 fully saturated rings. The minimum atomic E-state index is 0.397. The van der Waals surface area contributed by atoms with Crippen molar-refractivity contribution in [2.45, 2.75) is 34.1 Å². The summed E-state index contributed by atoms with van der Waals surface area (Å²) >= 11 is 0. The van der Waals surface area contributed by atoms with Crippen molar-refractivity contribution in [3.05, 3.63) is 0 Å². The van der Waals surface area contributed by atoms with Gasteiger partial charge >= 0.3 is 0 Å². The lowest BCUT2D eigenvalue weighted by Crippen LogP contribution is -2.15. The van der Waals surface area contributed by atoms with Crippen LogP contribution in [0.3, 0.4) is 0 Å². The highest BCUT2D eigenvalue weighted by molar-refractivity contribution is 5.97. The van der Waals surface area contributed by atoms with Crippen LogP contribution in [0.15, 0.2) is 0 Å². The van der Waals surface area contributed by atoms with Gasteiger partial charge in [-0.25, -0.2) is 4.89 Å². The molecule has 3 heteroatoms. The van der Waals surface area contributed by atoms with Crippen LogP contribution in [0.1, 0.15) is 34.1 Å². The molecule has 0 heterocycles. The van der Waals surface area contributed by atoms with Crippen LogP contribution in [0.5, 0.6) is 0 Å². The Morgan fingerprint density at radius 2 is 1.91 bits per heavy atom. The Bertz CT molecular complexity index is 98.8. The Hall–Kier alpha value is 0.137. The fourth-order valence-corrected chi connectivity index (χ4v) is 1.42. The first-order chi connectivity index (χ1) is 4.95. The van der Waals surface area contributed by atoms with E-state index in [-0.39, 0.29) is 0 Å². The second kappa shape index (κ2) is 4.90. The molecule has 0 N–H and O–H groups in total. The second-order valence-electron chi connectivity index (χ2n) is 4.32. The zero-order chi connectivity index (χ0) is 8.91. The molecule has 0 rings (SSSR count). The summed E-state index contributed by atoms with van der Waals surface area (Å²) in [7, 11) is 0.664. The highest BCUT2D eigenvalue weighted by Crippen LogP contribution is 2.23. The van der Waals surface area contributed by atoms with E-state index in [0.29, 0.717) is 21.8 Å². The van der Waals surface area contributed by atoms with E-state index in [1.54, 1.807) is 0 Å². The summed E-state index contributed by atoms with van der Waals surface area (Å²) in [6, 6.07) is 0. The Labute approximate surface area is 72.7 Å². The molecule has 1 unspecified atom stereocenters. The van der Waals surface area contributed by atoms with Crippen molar-refractivity contribution >= 4 is 10.5 Å². The summed E-state index contributed by atoms with van der Waals surface area (Å²) < 4.78 is 4.67. The molecule has 0 aromatic rings. The zero-order valence-corrected chi connectivity index (χ0v) is 10.3. The third kappa shape index (κ3) is 8.04. The second-order valence-corrected chi connectivity index (χ2v) is 4.65. The van der Waals surface area contributed by atoms with E-state index in [4.69, 9.17) is 4.89 Å². The first kappa shape index (κ1) is 11.1. The summed E-state index contributed by atoms with van der Waals surface area (Å²) in [5.41, 5.74) is 0.397. The monoisotopic (exact) mass is 176 g/mol. The molecule has 0 spiro atoms. The van der Waals surface area contributed by atoms with Gasteiger partial charge in [0.25, 0.3) is 0 Å². The van der Waals surface area contributed by atoms with E-state index in [1.165, 1.54) is 6.42 Å². The van der Waals surface area contributed by atoms with Crippen LogP contribution in [0.25, 0.3) is 0 Å². The van der Waals surface area contributed by atoms with Gasteiger partial charge in [-0.05, 0) is 17.8 Å². The molecule has 0 saturated heterocycles. The van der Waals surface area contributed by atoms with Crippen molar-refractivity contribution in [2.24, 2.45) is 11.3 Å². The molecule has 0 aliphatic rings. The van der Waals surface area contributed by atoms with Gasteiger partial charge in [-0.1, -0.05) is 27.7 Å². The lowest BCUT2D eigenvalue weighted by Gasteiger charge is -2.22. The van der Waals surface area contributed by atoms with Gasteiger partial charge in [-0.15, -0.1) is 0 Å². The highest BCUT2D eigenvalue weighted by Gasteiger charge is 2.15. The van der Waals surface area contributed by atoms with Crippen LogP contribution in [-0.4, -0.2) is 17.1 Å². The molecule has 0 amide bonds. The predicted octanol–water partition coefficient (Wildman–Crippen LogP) is 1.29. The summed E-state index contributed by atoms with van der Waals surface area (Å²) in [6.45, 7) is 9.63. The molecule has 0 aromatic carbocycles. The quantitative estimate of drug-likeness (QED) is 0.365. The van der Waals surface area contributed by atoms with Gasteiger partial charge < -0.3 is 0 Å². The Morgan fingerprint density at radius 1 is 1.36 bits per heavy atom. The van der Waals surface area contributed by atoms with E-state index >= 15 is 0 Å². The standard InChI is InChI=1S/C8H20O2Si/c1-7(6-9-10-11)5-8(2,3)4/h7H,5-6H2,1-4,11H3. The molecule has 2 nitrogen and oxygen atoms in total. The van der Waals surface area contributed by atoms with Crippen LogP contribution >= 0.6 is 0 Å². The topological polar surface area (TPSA) is 18.5 Å². The fourth-order valence-electron chi connectivity index (χ4n) is 1.29. The first-order valence-electron chi connectivity index (χ1n) is 4.11. The average molecular weight is 176 g/mol. The Balaban J connectivity index is 3.44. The van der Waals surface area contributed by atoms with Gasteiger partial charge in [-0.3, -0.25) is 4.58 Å². The zero-order valence-electron chi connectivity index (χ0n) is 8.31. The number of rotatable bonds is 4. The van der Waals surface area contributed by atoms with Crippen molar-refractivity contribution in [1.29, 1.82) is 0 Å². The molecule has 68 valence electrons. The molecule has 0 bridgehead atoms. The van der Waals surface area contributed by atoms with E-state index < -0.39 is 0 Å². The van der Waals surface area contributed by atoms with Crippen LogP contribution in [-0.2, 0) is 9.46 Å². The molecule has 0 aliphatic carbocycles. The van der Waals surface area contributed by atoms with Crippen molar-refractivity contribution in [2.75, 3.05) is 6.61 Å². The van der Waals surface area contributed by atoms with Gasteiger partial charge in [0, 0.05) is 0 Å². The van der Waals surface area contributed by atoms with Gasteiger partial charge in [0.2, 0.25) is 0 Å². The maximum Gasteiger partial charge on any atom is 0.193 e. The van der Waals surface area contributed by atoms with E-state index in [1.807, 2.05) is 0 Å². The minimum Gasteiger partial charge on any atom is -0.298 e. The Kier molecular flexibility index (Phi) is 4.96. The fraction of sp³-hybridized carbons (Fsp3) is 1.00. The molecular formula is C8H20O2Si. The van der Waals surface area contributed by atoms with Gasteiger partial charge in [0.05, 0.1) is 6.61 Å². The molecule has 0 aliphatic heterocycles. The number of hydrogen-bond donors (Lipinski definition) is 0. The lowest BCUT2D eigenvalue weighted by molar-refractivity contribution is -0.213. The normalized spacial score (nSPS) is 15.3. The average Bonchev–Trinajstić information content (AvgIpc) is 1.79. The summed E-state index contributed by atoms with van der Waals surface area (Å²) in [5, 5.41) is 0. The summed E-state index contributed by atoms with van der Waals surface area (Å²) in [5.74, 6) is 0.587. The van der Waals surface area contributed by atoms with Crippen LogP contribution < -0.4 is 0 Å². The maximum atomic E-state index is 4.90. The lowest BCUT2D eigenvalue weighted by atomic mass is 9.86. The molecular weight excluding hydrogens is 156 g/mol. The highest BCUT2D eigenvalue weighted by atomic mass is 28.2. The van der Waals surface area contributed by atoms with E-state index in [0.717, 1.165) is 6.61 Å². The summed E-state index contributed by atoms with van der Waals surface area (Å²) in [4.78, 5) is 4.90. The van der Waals surface area contributed by atoms with Crippen molar-refractivity contribution in [3.63, 3.8) is 0 Å². The molecule has 1 atom stereocenters. The van der Waals surface area contributed by atoms with Gasteiger partial charge in [0.15, 0.2) is 10.5 Å². The SMILES string of the molecule is CC(COO[SiH3])CC(C)(C)C. The first-order valence-corrected chi connectivity index (χ1v) is 4.93. The molecule has 0 radical (unpaired) electrons. The predicted molar refractivity (Wildman–Crippen MR) is 50.2 cm³/mol. The summed E-state index contributed by atoms with van der Waals surface area (Å²) in [6.07, 6.45) is 1.18. The molecule has 11 heavy (non-hydrogen) atoms. The van der Waals surface area contributed by atoms with Crippen molar-refractivity contribution < 1.29 is 9.46 Å². The van der Waals surface area contributed by atoms with Gasteiger partial charge in [0.1, 0.15) is 0 Å². The molecule has 0 aromatic heterocycles. The van der Waals surface area contributed by atoms with Crippen LogP contribution in [0, 0.1) is 11.3 Å².